The molecule has 1 rings (SSSR count). The van der Waals surface area contributed by atoms with Crippen LogP contribution in [0.15, 0.2) is 23.1 Å². The Hall–Kier alpha value is -0.210. The molecular weight excluding hydrogens is 281 g/mol. The van der Waals surface area contributed by atoms with E-state index in [1.165, 1.54) is 5.56 Å². The zero-order chi connectivity index (χ0) is 8.97. The zero-order valence-corrected chi connectivity index (χ0v) is 9.65. The fraction of sp³-hybridized carbons (Fsp3) is 0.222. The Labute approximate surface area is 90.3 Å². The van der Waals surface area contributed by atoms with Gasteiger partial charge in [0, 0.05) is 9.32 Å². The van der Waals surface area contributed by atoms with Crippen molar-refractivity contribution in [2.45, 2.75) is 9.32 Å². The smallest absolute Gasteiger partial charge is 0.100 e. The number of halogens is 1. The van der Waals surface area contributed by atoms with Crippen LogP contribution in [0.5, 0.6) is 0 Å². The van der Waals surface area contributed by atoms with Crippen LogP contribution >= 0.6 is 34.4 Å². The van der Waals surface area contributed by atoms with E-state index >= 15 is 0 Å². The van der Waals surface area contributed by atoms with Crippen LogP contribution in [0.3, 0.4) is 0 Å². The maximum absolute atomic E-state index is 8.80. The fourth-order valence-corrected chi connectivity index (χ4v) is 1.93. The molecule has 0 amide bonds. The minimum absolute atomic E-state index is 0.789. The van der Waals surface area contributed by atoms with Crippen molar-refractivity contribution in [1.29, 1.82) is 5.26 Å². The Morgan fingerprint density at radius 1 is 1.58 bits per heavy atom. The highest BCUT2D eigenvalue weighted by atomic mass is 127. The first-order chi connectivity index (χ1) is 5.81. The van der Waals surface area contributed by atoms with E-state index in [-0.39, 0.29) is 0 Å². The molecule has 0 aliphatic carbocycles. The molecule has 0 aromatic heterocycles. The Kier molecular flexibility index (Phi) is 3.89. The van der Waals surface area contributed by atoms with Crippen molar-refractivity contribution in [3.05, 3.63) is 29.3 Å². The van der Waals surface area contributed by atoms with Gasteiger partial charge < -0.3 is 0 Å². The number of nitrogens with zero attached hydrogens (tertiary/aromatic N) is 1. The lowest BCUT2D eigenvalue weighted by molar-refractivity contribution is 1.32. The summed E-state index contributed by atoms with van der Waals surface area (Å²) in [7, 11) is 0. The van der Waals surface area contributed by atoms with Crippen LogP contribution in [0, 0.1) is 11.3 Å². The number of nitriles is 1. The minimum atomic E-state index is 0.789. The zero-order valence-electron chi connectivity index (χ0n) is 6.67. The van der Waals surface area contributed by atoms with Gasteiger partial charge in [-0.2, -0.15) is 5.26 Å². The molecule has 0 fully saturated rings. The minimum Gasteiger partial charge on any atom is -0.192 e. The molecule has 0 heterocycles. The molecular formula is C9H8INS. The third kappa shape index (κ3) is 2.14. The van der Waals surface area contributed by atoms with Gasteiger partial charge in [0.15, 0.2) is 0 Å². The largest absolute Gasteiger partial charge is 0.192 e. The van der Waals surface area contributed by atoms with Crippen molar-refractivity contribution in [3.63, 3.8) is 0 Å². The summed E-state index contributed by atoms with van der Waals surface area (Å²) in [5.74, 6) is 0. The maximum Gasteiger partial charge on any atom is 0.100 e. The van der Waals surface area contributed by atoms with E-state index in [1.54, 1.807) is 11.8 Å². The number of alkyl halides is 1. The molecule has 0 saturated heterocycles. The fourth-order valence-electron chi connectivity index (χ4n) is 0.926. The van der Waals surface area contributed by atoms with Crippen LogP contribution in [0.25, 0.3) is 0 Å². The Morgan fingerprint density at radius 2 is 2.33 bits per heavy atom. The van der Waals surface area contributed by atoms with E-state index < -0.39 is 0 Å². The summed E-state index contributed by atoms with van der Waals surface area (Å²) < 4.78 is 0.959. The second kappa shape index (κ2) is 4.73. The SMILES string of the molecule is CSc1ccc(CI)cc1C#N. The molecule has 1 aromatic rings. The number of benzene rings is 1. The predicted molar refractivity (Wildman–Crippen MR) is 60.7 cm³/mol. The third-order valence-corrected chi connectivity index (χ3v) is 3.22. The van der Waals surface area contributed by atoms with Gasteiger partial charge in [-0.3, -0.25) is 0 Å². The second-order valence-electron chi connectivity index (χ2n) is 2.28. The molecule has 0 radical (unpaired) electrons. The van der Waals surface area contributed by atoms with E-state index in [0.717, 1.165) is 14.9 Å². The second-order valence-corrected chi connectivity index (χ2v) is 3.89. The quantitative estimate of drug-likeness (QED) is 0.474. The normalized spacial score (nSPS) is 9.42. The van der Waals surface area contributed by atoms with Gasteiger partial charge in [0.25, 0.3) is 0 Å². The highest BCUT2D eigenvalue weighted by Crippen LogP contribution is 2.21. The molecule has 0 bridgehead atoms. The van der Waals surface area contributed by atoms with Crippen molar-refractivity contribution < 1.29 is 0 Å². The molecule has 0 aliphatic rings. The van der Waals surface area contributed by atoms with E-state index in [4.69, 9.17) is 5.26 Å². The summed E-state index contributed by atoms with van der Waals surface area (Å²) in [5.41, 5.74) is 2.00. The molecule has 0 spiro atoms. The van der Waals surface area contributed by atoms with Crippen LogP contribution in [-0.2, 0) is 4.43 Å². The molecule has 0 saturated carbocycles. The molecule has 1 aromatic carbocycles. The van der Waals surface area contributed by atoms with Gasteiger partial charge in [-0.1, -0.05) is 28.7 Å². The molecule has 0 atom stereocenters. The molecule has 0 aliphatic heterocycles. The lowest BCUT2D eigenvalue weighted by Gasteiger charge is -2.01. The lowest BCUT2D eigenvalue weighted by Crippen LogP contribution is -1.83. The number of hydrogen-bond acceptors (Lipinski definition) is 2. The number of hydrogen-bond donors (Lipinski definition) is 0. The molecule has 3 heteroatoms. The maximum atomic E-state index is 8.80. The summed E-state index contributed by atoms with van der Waals surface area (Å²) in [6.07, 6.45) is 1.99. The van der Waals surface area contributed by atoms with Crippen molar-refractivity contribution in [1.82, 2.24) is 0 Å². The highest BCUT2D eigenvalue weighted by molar-refractivity contribution is 14.1. The topological polar surface area (TPSA) is 23.8 Å². The number of thioether (sulfide) groups is 1. The van der Waals surface area contributed by atoms with Crippen LogP contribution in [0.4, 0.5) is 0 Å². The van der Waals surface area contributed by atoms with Crippen molar-refractivity contribution in [3.8, 4) is 6.07 Å². The first-order valence-corrected chi connectivity index (χ1v) is 6.20. The standard InChI is InChI=1S/C9H8INS/c1-12-9-3-2-7(5-10)4-8(9)6-11/h2-4H,5H2,1H3. The van der Waals surface area contributed by atoms with Gasteiger partial charge in [-0.15, -0.1) is 11.8 Å². The Bertz CT molecular complexity index is 317. The first kappa shape index (κ1) is 9.87. The summed E-state index contributed by atoms with van der Waals surface area (Å²) in [6, 6.07) is 8.23. The lowest BCUT2D eigenvalue weighted by atomic mass is 10.2. The Balaban J connectivity index is 3.13. The van der Waals surface area contributed by atoms with Crippen LogP contribution in [0.2, 0.25) is 0 Å². The highest BCUT2D eigenvalue weighted by Gasteiger charge is 2.00. The Morgan fingerprint density at radius 3 is 2.83 bits per heavy atom. The van der Waals surface area contributed by atoms with Gasteiger partial charge in [-0.05, 0) is 24.0 Å². The summed E-state index contributed by atoms with van der Waals surface area (Å²) >= 11 is 3.91. The van der Waals surface area contributed by atoms with Crippen LogP contribution < -0.4 is 0 Å². The molecule has 0 unspecified atom stereocenters. The molecule has 1 nitrogen and oxygen atoms in total. The molecule has 62 valence electrons. The summed E-state index contributed by atoms with van der Waals surface area (Å²) in [4.78, 5) is 1.06. The summed E-state index contributed by atoms with van der Waals surface area (Å²) in [6.45, 7) is 0. The predicted octanol–water partition coefficient (Wildman–Crippen LogP) is 3.22. The van der Waals surface area contributed by atoms with E-state index in [2.05, 4.69) is 34.7 Å². The third-order valence-electron chi connectivity index (χ3n) is 1.54. The van der Waals surface area contributed by atoms with Gasteiger partial charge in [0.2, 0.25) is 0 Å². The van der Waals surface area contributed by atoms with Crippen molar-refractivity contribution >= 4 is 34.4 Å². The first-order valence-electron chi connectivity index (χ1n) is 3.44. The van der Waals surface area contributed by atoms with Crippen molar-refractivity contribution in [2.75, 3.05) is 6.26 Å². The average molecular weight is 289 g/mol. The van der Waals surface area contributed by atoms with Crippen LogP contribution in [-0.4, -0.2) is 6.26 Å². The van der Waals surface area contributed by atoms with Crippen LogP contribution in [0.1, 0.15) is 11.1 Å². The van der Waals surface area contributed by atoms with Gasteiger partial charge in [-0.25, -0.2) is 0 Å². The number of rotatable bonds is 2. The van der Waals surface area contributed by atoms with Gasteiger partial charge in [0.05, 0.1) is 5.56 Å². The van der Waals surface area contributed by atoms with E-state index in [9.17, 15) is 0 Å². The van der Waals surface area contributed by atoms with Gasteiger partial charge in [0.1, 0.15) is 6.07 Å². The van der Waals surface area contributed by atoms with Crippen molar-refractivity contribution in [2.24, 2.45) is 0 Å². The van der Waals surface area contributed by atoms with E-state index in [0.29, 0.717) is 0 Å². The monoisotopic (exact) mass is 289 g/mol. The van der Waals surface area contributed by atoms with E-state index in [1.807, 2.05) is 18.4 Å². The molecule has 12 heavy (non-hydrogen) atoms. The average Bonchev–Trinajstić information content (AvgIpc) is 2.16. The summed E-state index contributed by atoms with van der Waals surface area (Å²) in [5, 5.41) is 8.80. The molecule has 0 N–H and O–H groups in total. The van der Waals surface area contributed by atoms with Gasteiger partial charge >= 0.3 is 0 Å².